The molecule has 0 fully saturated rings. The Morgan fingerprint density at radius 1 is 1.28 bits per heavy atom. The molecule has 1 aliphatic rings. The SMILES string of the molecule is COC(=O)c1ccc(CCNc2ncc(C)c(/C(C#N)=C3/C=CC=CN3)n2)cc1. The quantitative estimate of drug-likeness (QED) is 0.580. The summed E-state index contributed by atoms with van der Waals surface area (Å²) >= 11 is 0. The van der Waals surface area contributed by atoms with Gasteiger partial charge in [-0.2, -0.15) is 5.26 Å². The molecule has 0 bridgehead atoms. The van der Waals surface area contributed by atoms with Crippen LogP contribution in [0.4, 0.5) is 5.95 Å². The largest absolute Gasteiger partial charge is 0.465 e. The summed E-state index contributed by atoms with van der Waals surface area (Å²) in [5.74, 6) is 0.107. The highest BCUT2D eigenvalue weighted by Gasteiger charge is 2.13. The second kappa shape index (κ2) is 9.33. The zero-order chi connectivity index (χ0) is 20.6. The van der Waals surface area contributed by atoms with Crippen molar-refractivity contribution < 1.29 is 9.53 Å². The Bertz CT molecular complexity index is 1030. The highest BCUT2D eigenvalue weighted by Crippen LogP contribution is 2.21. The van der Waals surface area contributed by atoms with Gasteiger partial charge in [0.05, 0.1) is 24.1 Å². The number of methoxy groups -OCH3 is 1. The number of ether oxygens (including phenoxy) is 1. The summed E-state index contributed by atoms with van der Waals surface area (Å²) in [7, 11) is 1.36. The van der Waals surface area contributed by atoms with Crippen molar-refractivity contribution in [2.24, 2.45) is 0 Å². The second-order valence-corrected chi connectivity index (χ2v) is 6.35. The molecule has 3 rings (SSSR count). The Morgan fingerprint density at radius 3 is 2.72 bits per heavy atom. The van der Waals surface area contributed by atoms with Crippen molar-refractivity contribution in [1.29, 1.82) is 5.26 Å². The van der Waals surface area contributed by atoms with Crippen molar-refractivity contribution >= 4 is 17.5 Å². The molecule has 0 atom stereocenters. The number of anilines is 1. The second-order valence-electron chi connectivity index (χ2n) is 6.35. The number of rotatable bonds is 6. The number of nitriles is 1. The molecule has 0 saturated carbocycles. The first-order valence-corrected chi connectivity index (χ1v) is 9.11. The van der Waals surface area contributed by atoms with Crippen molar-refractivity contribution in [2.75, 3.05) is 19.0 Å². The fourth-order valence-electron chi connectivity index (χ4n) is 2.81. The van der Waals surface area contributed by atoms with Crippen LogP contribution in [0.3, 0.4) is 0 Å². The van der Waals surface area contributed by atoms with Crippen LogP contribution in [-0.2, 0) is 11.2 Å². The molecule has 1 aromatic carbocycles. The molecule has 0 radical (unpaired) electrons. The first-order valence-electron chi connectivity index (χ1n) is 9.11. The number of aryl methyl sites for hydroxylation is 1. The maximum atomic E-state index is 11.5. The van der Waals surface area contributed by atoms with Crippen LogP contribution in [0, 0.1) is 18.3 Å². The number of hydrogen-bond acceptors (Lipinski definition) is 7. The van der Waals surface area contributed by atoms with Crippen molar-refractivity contribution in [3.63, 3.8) is 0 Å². The van der Waals surface area contributed by atoms with Gasteiger partial charge in [0.2, 0.25) is 5.95 Å². The Kier molecular flexibility index (Phi) is 6.38. The van der Waals surface area contributed by atoms with Gasteiger partial charge < -0.3 is 15.4 Å². The van der Waals surface area contributed by atoms with E-state index in [9.17, 15) is 10.1 Å². The molecule has 29 heavy (non-hydrogen) atoms. The molecule has 0 amide bonds. The monoisotopic (exact) mass is 387 g/mol. The van der Waals surface area contributed by atoms with E-state index >= 15 is 0 Å². The normalized spacial score (nSPS) is 14.0. The van der Waals surface area contributed by atoms with E-state index in [1.54, 1.807) is 24.5 Å². The topological polar surface area (TPSA) is 99.9 Å². The number of dihydropyridines is 1. The fraction of sp³-hybridized carbons (Fsp3) is 0.182. The minimum Gasteiger partial charge on any atom is -0.465 e. The van der Waals surface area contributed by atoms with Gasteiger partial charge in [0, 0.05) is 18.9 Å². The third-order valence-electron chi connectivity index (χ3n) is 4.37. The van der Waals surface area contributed by atoms with E-state index in [1.165, 1.54) is 7.11 Å². The summed E-state index contributed by atoms with van der Waals surface area (Å²) in [6.07, 6.45) is 9.77. The highest BCUT2D eigenvalue weighted by molar-refractivity contribution is 5.89. The number of nitrogens with zero attached hydrogens (tertiary/aromatic N) is 3. The smallest absolute Gasteiger partial charge is 0.337 e. The van der Waals surface area contributed by atoms with Gasteiger partial charge in [-0.1, -0.05) is 18.2 Å². The maximum Gasteiger partial charge on any atom is 0.337 e. The number of carbonyl (C=O) groups excluding carboxylic acids is 1. The van der Waals surface area contributed by atoms with Crippen molar-refractivity contribution in [3.05, 3.63) is 83.0 Å². The lowest BCUT2D eigenvalue weighted by Crippen LogP contribution is -2.12. The first kappa shape index (κ1) is 19.8. The predicted octanol–water partition coefficient (Wildman–Crippen LogP) is 3.13. The number of benzene rings is 1. The zero-order valence-corrected chi connectivity index (χ0v) is 16.3. The summed E-state index contributed by atoms with van der Waals surface area (Å²) in [5.41, 5.74) is 4.17. The summed E-state index contributed by atoms with van der Waals surface area (Å²) in [5, 5.41) is 15.9. The molecule has 0 saturated heterocycles. The van der Waals surface area contributed by atoms with Crippen molar-refractivity contribution in [1.82, 2.24) is 15.3 Å². The highest BCUT2D eigenvalue weighted by atomic mass is 16.5. The molecule has 1 aliphatic heterocycles. The average Bonchev–Trinajstić information content (AvgIpc) is 2.77. The zero-order valence-electron chi connectivity index (χ0n) is 16.3. The lowest BCUT2D eigenvalue weighted by molar-refractivity contribution is 0.0600. The summed E-state index contributed by atoms with van der Waals surface area (Å²) in [4.78, 5) is 20.3. The van der Waals surface area contributed by atoms with E-state index in [1.807, 2.05) is 37.3 Å². The molecule has 2 aromatic rings. The Hall–Kier alpha value is -3.92. The maximum absolute atomic E-state index is 11.5. The molecule has 2 N–H and O–H groups in total. The van der Waals surface area contributed by atoms with Gasteiger partial charge >= 0.3 is 5.97 Å². The molecule has 2 heterocycles. The molecule has 7 nitrogen and oxygen atoms in total. The van der Waals surface area contributed by atoms with Gasteiger partial charge in [-0.15, -0.1) is 0 Å². The first-order chi connectivity index (χ1) is 14.1. The third kappa shape index (κ3) is 4.87. The van der Waals surface area contributed by atoms with Gasteiger partial charge in [-0.05, 0) is 48.8 Å². The molecule has 1 aromatic heterocycles. The van der Waals surface area contributed by atoms with Crippen LogP contribution in [0.2, 0.25) is 0 Å². The molecule has 0 aliphatic carbocycles. The molecule has 146 valence electrons. The summed E-state index contributed by atoms with van der Waals surface area (Å²) in [6, 6.07) is 9.50. The minimum absolute atomic E-state index is 0.351. The Balaban J connectivity index is 1.69. The number of allylic oxidation sites excluding steroid dienone is 4. The van der Waals surface area contributed by atoms with E-state index in [-0.39, 0.29) is 5.97 Å². The predicted molar refractivity (Wildman–Crippen MR) is 111 cm³/mol. The van der Waals surface area contributed by atoms with E-state index in [0.717, 1.165) is 17.5 Å². The number of esters is 1. The molecule has 7 heteroatoms. The summed E-state index contributed by atoms with van der Waals surface area (Å²) in [6.45, 7) is 2.49. The van der Waals surface area contributed by atoms with Gasteiger partial charge in [0.1, 0.15) is 11.6 Å². The fourth-order valence-corrected chi connectivity index (χ4v) is 2.81. The van der Waals surface area contributed by atoms with E-state index in [0.29, 0.717) is 35.0 Å². The minimum atomic E-state index is -0.351. The van der Waals surface area contributed by atoms with Crippen LogP contribution < -0.4 is 10.6 Å². The van der Waals surface area contributed by atoms with Crippen LogP contribution in [0.15, 0.2) is 60.6 Å². The van der Waals surface area contributed by atoms with Gasteiger partial charge in [-0.3, -0.25) is 0 Å². The number of hydrogen-bond donors (Lipinski definition) is 2. The van der Waals surface area contributed by atoms with Gasteiger partial charge in [0.25, 0.3) is 0 Å². The van der Waals surface area contributed by atoms with E-state index in [4.69, 9.17) is 4.74 Å². The van der Waals surface area contributed by atoms with Crippen LogP contribution in [0.25, 0.3) is 5.57 Å². The van der Waals surface area contributed by atoms with Gasteiger partial charge in [0.15, 0.2) is 0 Å². The standard InChI is InChI=1S/C22H21N5O2/c1-15-14-26-22(27-20(15)18(13-23)19-5-3-4-11-24-19)25-12-10-16-6-8-17(9-7-16)21(28)29-2/h3-9,11,14,24H,10,12H2,1-2H3,(H,25,26,27)/b19-18-. The van der Waals surface area contributed by atoms with E-state index in [2.05, 4.69) is 26.7 Å². The molecular weight excluding hydrogens is 366 g/mol. The lowest BCUT2D eigenvalue weighted by atomic mass is 10.1. The van der Waals surface area contributed by atoms with Crippen LogP contribution in [-0.4, -0.2) is 29.6 Å². The Morgan fingerprint density at radius 2 is 2.07 bits per heavy atom. The molecule has 0 spiro atoms. The van der Waals surface area contributed by atoms with E-state index < -0.39 is 0 Å². The number of carbonyl (C=O) groups is 1. The molecule has 0 unspecified atom stereocenters. The average molecular weight is 387 g/mol. The van der Waals surface area contributed by atoms with Crippen LogP contribution in [0.5, 0.6) is 0 Å². The van der Waals surface area contributed by atoms with Crippen molar-refractivity contribution in [2.45, 2.75) is 13.3 Å². The van der Waals surface area contributed by atoms with Gasteiger partial charge in [-0.25, -0.2) is 14.8 Å². The van der Waals surface area contributed by atoms with Crippen molar-refractivity contribution in [3.8, 4) is 6.07 Å². The lowest BCUT2D eigenvalue weighted by Gasteiger charge is -2.12. The Labute approximate surface area is 169 Å². The molecular formula is C22H21N5O2. The summed E-state index contributed by atoms with van der Waals surface area (Å²) < 4.78 is 4.70. The third-order valence-corrected chi connectivity index (χ3v) is 4.37. The van der Waals surface area contributed by atoms with Crippen LogP contribution in [0.1, 0.15) is 27.2 Å². The number of nitrogens with one attached hydrogen (secondary N) is 2. The number of aromatic nitrogens is 2. The van der Waals surface area contributed by atoms with Crippen LogP contribution >= 0.6 is 0 Å².